The van der Waals surface area contributed by atoms with Crippen molar-refractivity contribution < 1.29 is 13.6 Å². The van der Waals surface area contributed by atoms with Gasteiger partial charge in [-0.2, -0.15) is 11.8 Å². The number of benzene rings is 1. The Morgan fingerprint density at radius 2 is 2.00 bits per heavy atom. The molecule has 0 spiro atoms. The second kappa shape index (κ2) is 10.5. The molecule has 0 aliphatic rings. The van der Waals surface area contributed by atoms with Gasteiger partial charge in [0.25, 0.3) is 5.91 Å². The minimum absolute atomic E-state index is 0.229. The molecule has 6 nitrogen and oxygen atoms in total. The summed E-state index contributed by atoms with van der Waals surface area (Å²) in [5.74, 6) is 1.15. The van der Waals surface area contributed by atoms with Crippen molar-refractivity contribution in [2.45, 2.75) is 12.3 Å². The lowest BCUT2D eigenvalue weighted by Gasteiger charge is -2.14. The number of carbonyl (C=O) groups is 1. The lowest BCUT2D eigenvalue weighted by Crippen LogP contribution is -2.41. The Labute approximate surface area is 156 Å². The minimum Gasteiger partial charge on any atom is -0.459 e. The summed E-state index contributed by atoms with van der Waals surface area (Å²) in [5, 5.41) is 9.06. The average Bonchev–Trinajstić information content (AvgIpc) is 3.17. The molecule has 2 aromatic rings. The summed E-state index contributed by atoms with van der Waals surface area (Å²) in [4.78, 5) is 15.9. The lowest BCUT2D eigenvalue weighted by atomic mass is 10.1. The molecule has 0 fully saturated rings. The van der Waals surface area contributed by atoms with Gasteiger partial charge in [-0.25, -0.2) is 4.39 Å². The number of rotatable bonds is 8. The smallest absolute Gasteiger partial charge is 0.287 e. The zero-order valence-corrected chi connectivity index (χ0v) is 15.7. The van der Waals surface area contributed by atoms with E-state index in [1.807, 2.05) is 6.26 Å². The zero-order chi connectivity index (χ0) is 18.8. The van der Waals surface area contributed by atoms with Crippen LogP contribution in [0.2, 0.25) is 0 Å². The van der Waals surface area contributed by atoms with Crippen molar-refractivity contribution in [1.82, 2.24) is 16.0 Å². The van der Waals surface area contributed by atoms with Crippen molar-refractivity contribution in [3.8, 4) is 0 Å². The quantitative estimate of drug-likeness (QED) is 0.373. The molecule has 8 heteroatoms. The summed E-state index contributed by atoms with van der Waals surface area (Å²) in [7, 11) is 1.67. The molecule has 1 aromatic heterocycles. The van der Waals surface area contributed by atoms with Crippen LogP contribution < -0.4 is 16.0 Å². The van der Waals surface area contributed by atoms with Crippen LogP contribution in [-0.4, -0.2) is 38.3 Å². The van der Waals surface area contributed by atoms with Crippen molar-refractivity contribution in [2.24, 2.45) is 4.99 Å². The van der Waals surface area contributed by atoms with Crippen LogP contribution in [0.25, 0.3) is 0 Å². The van der Waals surface area contributed by atoms with E-state index in [2.05, 4.69) is 20.9 Å². The van der Waals surface area contributed by atoms with Gasteiger partial charge < -0.3 is 20.4 Å². The monoisotopic (exact) mass is 378 g/mol. The van der Waals surface area contributed by atoms with Crippen molar-refractivity contribution in [1.29, 1.82) is 0 Å². The molecule has 0 unspecified atom stereocenters. The molecule has 1 aromatic carbocycles. The molecule has 2 rings (SSSR count). The number of thioether (sulfide) groups is 1. The van der Waals surface area contributed by atoms with Gasteiger partial charge in [0.05, 0.1) is 6.26 Å². The van der Waals surface area contributed by atoms with Crippen LogP contribution in [0.3, 0.4) is 0 Å². The van der Waals surface area contributed by atoms with E-state index < -0.39 is 0 Å². The maximum absolute atomic E-state index is 13.4. The standard InChI is InChI=1S/C18H23FN4O2S/c1-20-18(22-8-7-21-17(24)16-4-3-9-25-16)23-11-13-5-6-15(19)10-14(13)12-26-2/h3-6,9-10H,7-8,11-12H2,1-2H3,(H,21,24)(H2,20,22,23). The molecular formula is C18H23FN4O2S. The van der Waals surface area contributed by atoms with Crippen LogP contribution in [0.15, 0.2) is 46.0 Å². The first-order valence-electron chi connectivity index (χ1n) is 8.16. The molecule has 0 saturated heterocycles. The zero-order valence-electron chi connectivity index (χ0n) is 14.8. The molecule has 0 bridgehead atoms. The van der Waals surface area contributed by atoms with Gasteiger partial charge in [0, 0.05) is 32.4 Å². The minimum atomic E-state index is -0.257. The molecule has 0 atom stereocenters. The number of hydrogen-bond acceptors (Lipinski definition) is 4. The van der Waals surface area contributed by atoms with Crippen LogP contribution in [0.5, 0.6) is 0 Å². The van der Waals surface area contributed by atoms with E-state index >= 15 is 0 Å². The molecule has 140 valence electrons. The van der Waals surface area contributed by atoms with Crippen LogP contribution >= 0.6 is 11.8 Å². The Hall–Kier alpha value is -2.48. The highest BCUT2D eigenvalue weighted by Crippen LogP contribution is 2.16. The number of nitrogens with one attached hydrogen (secondary N) is 3. The predicted octanol–water partition coefficient (Wildman–Crippen LogP) is 2.38. The highest BCUT2D eigenvalue weighted by molar-refractivity contribution is 7.97. The number of carbonyl (C=O) groups excluding carboxylic acids is 1. The van der Waals surface area contributed by atoms with Gasteiger partial charge in [-0.3, -0.25) is 9.79 Å². The van der Waals surface area contributed by atoms with E-state index in [0.29, 0.717) is 25.6 Å². The fourth-order valence-electron chi connectivity index (χ4n) is 2.31. The normalized spacial score (nSPS) is 11.3. The maximum atomic E-state index is 13.4. The molecular weight excluding hydrogens is 355 g/mol. The molecule has 0 saturated carbocycles. The number of furan rings is 1. The second-order valence-corrected chi connectivity index (χ2v) is 6.30. The van der Waals surface area contributed by atoms with E-state index in [1.165, 1.54) is 12.3 Å². The average molecular weight is 378 g/mol. The first-order chi connectivity index (χ1) is 12.6. The summed E-state index contributed by atoms with van der Waals surface area (Å²) in [6.45, 7) is 1.47. The molecule has 26 heavy (non-hydrogen) atoms. The summed E-state index contributed by atoms with van der Waals surface area (Å²) >= 11 is 1.65. The SMILES string of the molecule is CN=C(NCCNC(=O)c1ccco1)NCc1ccc(F)cc1CSC. The van der Waals surface area contributed by atoms with Gasteiger partial charge in [0.2, 0.25) is 0 Å². The van der Waals surface area contributed by atoms with Crippen LogP contribution in [0, 0.1) is 5.82 Å². The molecule has 0 aliphatic heterocycles. The van der Waals surface area contributed by atoms with Crippen molar-refractivity contribution in [3.63, 3.8) is 0 Å². The number of nitrogens with zero attached hydrogens (tertiary/aromatic N) is 1. The number of hydrogen-bond donors (Lipinski definition) is 3. The number of guanidine groups is 1. The number of halogens is 1. The number of aliphatic imine (C=N–C) groups is 1. The van der Waals surface area contributed by atoms with Gasteiger partial charge >= 0.3 is 0 Å². The van der Waals surface area contributed by atoms with Gasteiger partial charge in [-0.05, 0) is 41.6 Å². The van der Waals surface area contributed by atoms with Crippen LogP contribution in [0.4, 0.5) is 4.39 Å². The highest BCUT2D eigenvalue weighted by atomic mass is 32.2. The lowest BCUT2D eigenvalue weighted by molar-refractivity contribution is 0.0926. The summed E-state index contributed by atoms with van der Waals surface area (Å²) < 4.78 is 18.4. The molecule has 0 aliphatic carbocycles. The fourth-order valence-corrected chi connectivity index (χ4v) is 2.89. The van der Waals surface area contributed by atoms with E-state index in [4.69, 9.17) is 4.42 Å². The molecule has 0 radical (unpaired) electrons. The Balaban J connectivity index is 1.77. The van der Waals surface area contributed by atoms with Crippen molar-refractivity contribution >= 4 is 23.6 Å². The molecule has 1 amide bonds. The number of amides is 1. The Morgan fingerprint density at radius 3 is 2.69 bits per heavy atom. The van der Waals surface area contributed by atoms with E-state index in [1.54, 1.807) is 43.1 Å². The third-order valence-corrected chi connectivity index (χ3v) is 4.19. The summed E-state index contributed by atoms with van der Waals surface area (Å²) in [5.41, 5.74) is 1.99. The van der Waals surface area contributed by atoms with Gasteiger partial charge in [-0.1, -0.05) is 6.07 Å². The molecule has 1 heterocycles. The van der Waals surface area contributed by atoms with Crippen LogP contribution in [-0.2, 0) is 12.3 Å². The summed E-state index contributed by atoms with van der Waals surface area (Å²) in [6, 6.07) is 8.08. The highest BCUT2D eigenvalue weighted by Gasteiger charge is 2.08. The van der Waals surface area contributed by atoms with Crippen molar-refractivity contribution in [2.75, 3.05) is 26.4 Å². The molecule has 3 N–H and O–H groups in total. The van der Waals surface area contributed by atoms with E-state index in [0.717, 1.165) is 16.9 Å². The van der Waals surface area contributed by atoms with Gasteiger partial charge in [0.1, 0.15) is 5.82 Å². The van der Waals surface area contributed by atoms with Crippen molar-refractivity contribution in [3.05, 3.63) is 59.3 Å². The maximum Gasteiger partial charge on any atom is 0.287 e. The topological polar surface area (TPSA) is 78.7 Å². The first-order valence-corrected chi connectivity index (χ1v) is 9.56. The Kier molecular flexibility index (Phi) is 8.01. The summed E-state index contributed by atoms with van der Waals surface area (Å²) in [6.07, 6.45) is 3.44. The third-order valence-electron chi connectivity index (χ3n) is 3.59. The van der Waals surface area contributed by atoms with Gasteiger partial charge in [0.15, 0.2) is 11.7 Å². The first kappa shape index (κ1) is 19.8. The fraction of sp³-hybridized carbons (Fsp3) is 0.333. The Morgan fingerprint density at radius 1 is 1.19 bits per heavy atom. The third kappa shape index (κ3) is 6.11. The van der Waals surface area contributed by atoms with E-state index in [-0.39, 0.29) is 17.5 Å². The second-order valence-electron chi connectivity index (χ2n) is 5.43. The van der Waals surface area contributed by atoms with E-state index in [9.17, 15) is 9.18 Å². The Bertz CT molecular complexity index is 735. The van der Waals surface area contributed by atoms with Gasteiger partial charge in [-0.15, -0.1) is 0 Å². The largest absolute Gasteiger partial charge is 0.459 e. The predicted molar refractivity (Wildman–Crippen MR) is 103 cm³/mol. The van der Waals surface area contributed by atoms with Crippen LogP contribution in [0.1, 0.15) is 21.7 Å².